The number of fused-ring (bicyclic) bond motifs is 1. The summed E-state index contributed by atoms with van der Waals surface area (Å²) in [4.78, 5) is 4.66. The maximum absolute atomic E-state index is 11.7. The van der Waals surface area contributed by atoms with Crippen LogP contribution in [0, 0.1) is 0 Å². The minimum atomic E-state index is -3.28. The molecule has 1 atom stereocenters. The predicted molar refractivity (Wildman–Crippen MR) is 71.0 cm³/mol. The van der Waals surface area contributed by atoms with Gasteiger partial charge in [0.2, 0.25) is 0 Å². The van der Waals surface area contributed by atoms with Crippen LogP contribution in [0.5, 0.6) is 0 Å². The van der Waals surface area contributed by atoms with Crippen molar-refractivity contribution < 1.29 is 8.42 Å². The van der Waals surface area contributed by atoms with E-state index in [1.54, 1.807) is 12.1 Å². The molecule has 98 valence electrons. The topological polar surface area (TPSA) is 78.0 Å². The molecule has 1 unspecified atom stereocenters. The Hall–Kier alpha value is -1.40. The van der Waals surface area contributed by atoms with Gasteiger partial charge in [-0.3, -0.25) is 0 Å². The highest BCUT2D eigenvalue weighted by Gasteiger charge is 2.19. The number of imidazole rings is 1. The Labute approximate surface area is 107 Å². The molecule has 1 aromatic heterocycles. The maximum atomic E-state index is 11.7. The molecule has 6 heteroatoms. The molecule has 0 radical (unpaired) electrons. The van der Waals surface area contributed by atoms with Crippen molar-refractivity contribution >= 4 is 20.9 Å². The van der Waals surface area contributed by atoms with Crippen molar-refractivity contribution in [2.75, 3.05) is 6.26 Å². The third kappa shape index (κ3) is 2.02. The number of benzene rings is 1. The summed E-state index contributed by atoms with van der Waals surface area (Å²) in [5.41, 5.74) is 7.28. The number of aromatic nitrogens is 2. The van der Waals surface area contributed by atoms with Crippen LogP contribution in [0.1, 0.15) is 25.2 Å². The molecule has 1 aromatic carbocycles. The van der Waals surface area contributed by atoms with Crippen molar-refractivity contribution in [2.45, 2.75) is 24.3 Å². The lowest BCUT2D eigenvalue weighted by molar-refractivity contribution is 0.602. The number of nitrogens with zero attached hydrogens (tertiary/aromatic N) is 2. The molecular formula is C12H17N3O2S. The number of para-hydroxylation sites is 1. The Morgan fingerprint density at radius 2 is 2.11 bits per heavy atom. The first-order valence-corrected chi connectivity index (χ1v) is 7.66. The zero-order valence-corrected chi connectivity index (χ0v) is 11.5. The molecule has 0 bridgehead atoms. The summed E-state index contributed by atoms with van der Waals surface area (Å²) in [7, 11) is -1.43. The zero-order valence-electron chi connectivity index (χ0n) is 10.7. The summed E-state index contributed by atoms with van der Waals surface area (Å²) in [6, 6.07) is 4.96. The fourth-order valence-electron chi connectivity index (χ4n) is 2.02. The first kappa shape index (κ1) is 13.0. The predicted octanol–water partition coefficient (Wildman–Crippen LogP) is 1.39. The van der Waals surface area contributed by atoms with Gasteiger partial charge >= 0.3 is 0 Å². The van der Waals surface area contributed by atoms with Crippen molar-refractivity contribution in [3.63, 3.8) is 0 Å². The molecule has 0 aliphatic heterocycles. The molecule has 1 heterocycles. The number of hydrogen-bond donors (Lipinski definition) is 1. The number of nitrogens with two attached hydrogens (primary N) is 1. The van der Waals surface area contributed by atoms with Gasteiger partial charge in [-0.1, -0.05) is 13.0 Å². The second-order valence-corrected chi connectivity index (χ2v) is 6.42. The summed E-state index contributed by atoms with van der Waals surface area (Å²) < 4.78 is 25.3. The lowest BCUT2D eigenvalue weighted by Gasteiger charge is -2.07. The number of aryl methyl sites for hydroxylation is 1. The zero-order chi connectivity index (χ0) is 13.5. The van der Waals surface area contributed by atoms with E-state index in [2.05, 4.69) is 4.98 Å². The standard InChI is InChI=1S/C12H17N3O2S/c1-4-8(13)12-14-11-9(15(12)2)6-5-7-10(11)18(3,16)17/h5-8H,4,13H2,1-3H3. The van der Waals surface area contributed by atoms with Crippen LogP contribution in [0.15, 0.2) is 23.1 Å². The van der Waals surface area contributed by atoms with Gasteiger partial charge in [-0.15, -0.1) is 0 Å². The molecule has 0 aliphatic carbocycles. The van der Waals surface area contributed by atoms with Gasteiger partial charge in [0, 0.05) is 13.3 Å². The highest BCUT2D eigenvalue weighted by atomic mass is 32.2. The SMILES string of the molecule is CCC(N)c1nc2c(S(C)(=O)=O)cccc2n1C. The van der Waals surface area contributed by atoms with Gasteiger partial charge in [0.25, 0.3) is 0 Å². The van der Waals surface area contributed by atoms with Crippen LogP contribution in [-0.4, -0.2) is 24.2 Å². The molecule has 0 saturated heterocycles. The third-order valence-electron chi connectivity index (χ3n) is 3.08. The van der Waals surface area contributed by atoms with Gasteiger partial charge in [-0.25, -0.2) is 13.4 Å². The van der Waals surface area contributed by atoms with E-state index in [0.717, 1.165) is 11.9 Å². The van der Waals surface area contributed by atoms with Crippen LogP contribution in [0.4, 0.5) is 0 Å². The van der Waals surface area contributed by atoms with E-state index in [1.165, 1.54) is 6.26 Å². The van der Waals surface area contributed by atoms with Crippen LogP contribution >= 0.6 is 0 Å². The first-order valence-electron chi connectivity index (χ1n) is 5.77. The van der Waals surface area contributed by atoms with Gasteiger partial charge in [-0.05, 0) is 18.6 Å². The molecule has 0 spiro atoms. The van der Waals surface area contributed by atoms with Crippen LogP contribution in [0.25, 0.3) is 11.0 Å². The molecule has 0 amide bonds. The summed E-state index contributed by atoms with van der Waals surface area (Å²) in [5.74, 6) is 0.712. The highest BCUT2D eigenvalue weighted by Crippen LogP contribution is 2.25. The summed E-state index contributed by atoms with van der Waals surface area (Å²) in [6.07, 6.45) is 1.95. The normalized spacial score (nSPS) is 14.0. The second-order valence-electron chi connectivity index (χ2n) is 4.44. The molecule has 2 rings (SSSR count). The van der Waals surface area contributed by atoms with Crippen LogP contribution in [-0.2, 0) is 16.9 Å². The van der Waals surface area contributed by atoms with E-state index in [0.29, 0.717) is 11.3 Å². The van der Waals surface area contributed by atoms with Crippen molar-refractivity contribution in [1.29, 1.82) is 0 Å². The molecule has 2 aromatic rings. The Morgan fingerprint density at radius 1 is 1.44 bits per heavy atom. The van der Waals surface area contributed by atoms with Crippen molar-refractivity contribution in [1.82, 2.24) is 9.55 Å². The Balaban J connectivity index is 2.80. The maximum Gasteiger partial charge on any atom is 0.177 e. The Morgan fingerprint density at radius 3 is 2.67 bits per heavy atom. The number of sulfone groups is 1. The van der Waals surface area contributed by atoms with Gasteiger partial charge in [0.15, 0.2) is 9.84 Å². The Kier molecular flexibility index (Phi) is 3.16. The third-order valence-corrected chi connectivity index (χ3v) is 4.21. The van der Waals surface area contributed by atoms with E-state index in [1.807, 2.05) is 24.6 Å². The largest absolute Gasteiger partial charge is 0.330 e. The van der Waals surface area contributed by atoms with E-state index >= 15 is 0 Å². The molecule has 0 aliphatic rings. The van der Waals surface area contributed by atoms with Crippen molar-refractivity contribution in [3.05, 3.63) is 24.0 Å². The van der Waals surface area contributed by atoms with Crippen molar-refractivity contribution in [2.24, 2.45) is 12.8 Å². The highest BCUT2D eigenvalue weighted by molar-refractivity contribution is 7.91. The van der Waals surface area contributed by atoms with Crippen LogP contribution < -0.4 is 5.73 Å². The molecule has 18 heavy (non-hydrogen) atoms. The molecule has 0 fully saturated rings. The minimum absolute atomic E-state index is 0.185. The van der Waals surface area contributed by atoms with Crippen molar-refractivity contribution in [3.8, 4) is 0 Å². The minimum Gasteiger partial charge on any atom is -0.330 e. The number of hydrogen-bond acceptors (Lipinski definition) is 4. The molecule has 2 N–H and O–H groups in total. The van der Waals surface area contributed by atoms with E-state index in [4.69, 9.17) is 5.73 Å². The van der Waals surface area contributed by atoms with Crippen LogP contribution in [0.3, 0.4) is 0 Å². The molecule has 5 nitrogen and oxygen atoms in total. The summed E-state index contributed by atoms with van der Waals surface area (Å²) in [6.45, 7) is 1.97. The van der Waals surface area contributed by atoms with E-state index in [9.17, 15) is 8.42 Å². The summed E-state index contributed by atoms with van der Waals surface area (Å²) in [5, 5.41) is 0. The quantitative estimate of drug-likeness (QED) is 0.911. The monoisotopic (exact) mass is 267 g/mol. The van der Waals surface area contributed by atoms with Gasteiger partial charge in [-0.2, -0.15) is 0 Å². The fourth-order valence-corrected chi connectivity index (χ4v) is 2.85. The summed E-state index contributed by atoms with van der Waals surface area (Å²) >= 11 is 0. The number of rotatable bonds is 3. The average Bonchev–Trinajstić information content (AvgIpc) is 2.65. The van der Waals surface area contributed by atoms with E-state index < -0.39 is 9.84 Å². The Bertz CT molecular complexity index is 689. The molecule has 0 saturated carbocycles. The molecular weight excluding hydrogens is 250 g/mol. The van der Waals surface area contributed by atoms with E-state index in [-0.39, 0.29) is 10.9 Å². The smallest absolute Gasteiger partial charge is 0.177 e. The van der Waals surface area contributed by atoms with Gasteiger partial charge in [0.05, 0.1) is 16.5 Å². The lowest BCUT2D eigenvalue weighted by atomic mass is 10.2. The second kappa shape index (κ2) is 4.37. The van der Waals surface area contributed by atoms with Gasteiger partial charge in [0.1, 0.15) is 11.3 Å². The van der Waals surface area contributed by atoms with Crippen LogP contribution in [0.2, 0.25) is 0 Å². The van der Waals surface area contributed by atoms with Gasteiger partial charge < -0.3 is 10.3 Å². The average molecular weight is 267 g/mol. The lowest BCUT2D eigenvalue weighted by Crippen LogP contribution is -2.14. The fraction of sp³-hybridized carbons (Fsp3) is 0.417. The first-order chi connectivity index (χ1) is 8.36.